The molecule has 0 unspecified atom stereocenters. The van der Waals surface area contributed by atoms with Gasteiger partial charge in [-0.2, -0.15) is 5.26 Å². The zero-order chi connectivity index (χ0) is 16.5. The lowest BCUT2D eigenvalue weighted by atomic mass is 10.2. The second kappa shape index (κ2) is 8.70. The van der Waals surface area contributed by atoms with E-state index in [0.717, 1.165) is 0 Å². The Balaban J connectivity index is 2.99. The first kappa shape index (κ1) is 17.5. The number of benzene rings is 1. The topological polar surface area (TPSA) is 91.2 Å². The van der Waals surface area contributed by atoms with Gasteiger partial charge in [-0.25, -0.2) is 4.79 Å². The van der Waals surface area contributed by atoms with Crippen molar-refractivity contribution in [3.63, 3.8) is 0 Å². The molecule has 0 spiro atoms. The van der Waals surface area contributed by atoms with E-state index in [2.05, 4.69) is 10.6 Å². The highest BCUT2D eigenvalue weighted by atomic mass is 35.5. The Morgan fingerprint density at radius 2 is 2.14 bits per heavy atom. The fraction of sp³-hybridized carbons (Fsp3) is 0.267. The number of nitrogens with one attached hydrogen (secondary N) is 2. The summed E-state index contributed by atoms with van der Waals surface area (Å²) in [5.74, 6) is -1.03. The molecule has 6 nitrogen and oxygen atoms in total. The number of nitrogens with zero attached hydrogens (tertiary/aromatic N) is 1. The molecule has 0 saturated heterocycles. The van der Waals surface area contributed by atoms with Crippen LogP contribution in [0.15, 0.2) is 30.0 Å². The summed E-state index contributed by atoms with van der Waals surface area (Å²) in [6, 6.07) is 6.59. The molecule has 1 aromatic rings. The van der Waals surface area contributed by atoms with Gasteiger partial charge in [-0.1, -0.05) is 17.7 Å². The van der Waals surface area contributed by atoms with Crippen molar-refractivity contribution < 1.29 is 14.3 Å². The number of ether oxygens (including phenoxy) is 1. The number of hydrogen-bond donors (Lipinski definition) is 2. The van der Waals surface area contributed by atoms with Gasteiger partial charge in [0.25, 0.3) is 5.91 Å². The molecule has 1 amide bonds. The van der Waals surface area contributed by atoms with Crippen molar-refractivity contribution in [2.45, 2.75) is 13.8 Å². The third-order valence-corrected chi connectivity index (χ3v) is 2.98. The van der Waals surface area contributed by atoms with Gasteiger partial charge >= 0.3 is 5.97 Å². The van der Waals surface area contributed by atoms with Gasteiger partial charge in [-0.05, 0) is 26.0 Å². The number of hydrogen-bond acceptors (Lipinski definition) is 5. The molecular formula is C15H16ClN3O3. The van der Waals surface area contributed by atoms with E-state index in [1.165, 1.54) is 6.20 Å². The minimum absolute atomic E-state index is 0.172. The van der Waals surface area contributed by atoms with Crippen LogP contribution >= 0.6 is 11.6 Å². The smallest absolute Gasteiger partial charge is 0.350 e. The number of amides is 1. The minimum Gasteiger partial charge on any atom is -0.462 e. The van der Waals surface area contributed by atoms with E-state index in [9.17, 15) is 9.59 Å². The Morgan fingerprint density at radius 3 is 2.73 bits per heavy atom. The molecule has 0 heterocycles. The number of anilines is 1. The predicted molar refractivity (Wildman–Crippen MR) is 83.4 cm³/mol. The molecule has 0 aliphatic carbocycles. The molecule has 0 aromatic heterocycles. The highest BCUT2D eigenvalue weighted by Crippen LogP contribution is 2.26. The van der Waals surface area contributed by atoms with Crippen molar-refractivity contribution in [3.8, 4) is 6.07 Å². The minimum atomic E-state index is -0.728. The first-order chi connectivity index (χ1) is 10.5. The molecule has 1 aromatic carbocycles. The number of carbonyl (C=O) groups excluding carboxylic acids is 2. The van der Waals surface area contributed by atoms with Crippen molar-refractivity contribution in [2.24, 2.45) is 0 Å². The second-order valence-electron chi connectivity index (χ2n) is 4.06. The lowest BCUT2D eigenvalue weighted by molar-refractivity contribution is -0.138. The van der Waals surface area contributed by atoms with Crippen molar-refractivity contribution in [3.05, 3.63) is 40.6 Å². The van der Waals surface area contributed by atoms with Gasteiger partial charge < -0.3 is 15.4 Å². The van der Waals surface area contributed by atoms with E-state index in [4.69, 9.17) is 21.6 Å². The predicted octanol–water partition coefficient (Wildman–Crippen LogP) is 2.47. The van der Waals surface area contributed by atoms with Crippen LogP contribution in [0.25, 0.3) is 0 Å². The van der Waals surface area contributed by atoms with Crippen LogP contribution in [-0.2, 0) is 9.53 Å². The highest BCUT2D eigenvalue weighted by molar-refractivity contribution is 6.36. The van der Waals surface area contributed by atoms with Crippen LogP contribution in [-0.4, -0.2) is 25.0 Å². The SMILES string of the molecule is CCNC(=O)c1cccc(NC=C(C#N)C(=O)OCC)c1Cl. The summed E-state index contributed by atoms with van der Waals surface area (Å²) in [5, 5.41) is 14.5. The number of carbonyl (C=O) groups is 2. The van der Waals surface area contributed by atoms with Crippen LogP contribution in [0.1, 0.15) is 24.2 Å². The average Bonchev–Trinajstić information content (AvgIpc) is 2.49. The fourth-order valence-corrected chi connectivity index (χ4v) is 1.84. The highest BCUT2D eigenvalue weighted by Gasteiger charge is 2.13. The summed E-state index contributed by atoms with van der Waals surface area (Å²) in [4.78, 5) is 23.3. The van der Waals surface area contributed by atoms with Crippen molar-refractivity contribution in [2.75, 3.05) is 18.5 Å². The molecule has 22 heavy (non-hydrogen) atoms. The van der Waals surface area contributed by atoms with Gasteiger partial charge in [0, 0.05) is 12.7 Å². The Bertz CT molecular complexity index is 635. The van der Waals surface area contributed by atoms with E-state index in [1.54, 1.807) is 38.1 Å². The fourth-order valence-electron chi connectivity index (χ4n) is 1.57. The molecule has 1 rings (SSSR count). The van der Waals surface area contributed by atoms with Crippen molar-refractivity contribution in [1.29, 1.82) is 5.26 Å². The number of nitriles is 1. The van der Waals surface area contributed by atoms with Crippen molar-refractivity contribution in [1.82, 2.24) is 5.32 Å². The summed E-state index contributed by atoms with van der Waals surface area (Å²) in [6.45, 7) is 4.10. The summed E-state index contributed by atoms with van der Waals surface area (Å²) in [5.41, 5.74) is 0.514. The van der Waals surface area contributed by atoms with Gasteiger partial charge in [0.2, 0.25) is 0 Å². The average molecular weight is 322 g/mol. The third kappa shape index (κ3) is 4.50. The normalized spacial score (nSPS) is 10.5. The molecule has 0 bridgehead atoms. The summed E-state index contributed by atoms with van der Waals surface area (Å²) >= 11 is 6.16. The number of halogens is 1. The van der Waals surface area contributed by atoms with Crippen LogP contribution in [0, 0.1) is 11.3 Å². The number of rotatable bonds is 6. The third-order valence-electron chi connectivity index (χ3n) is 2.57. The molecule has 0 radical (unpaired) electrons. The standard InChI is InChI=1S/C15H16ClN3O3/c1-3-18-14(20)11-6-5-7-12(13(11)16)19-9-10(8-17)15(21)22-4-2/h5-7,9,19H,3-4H2,1-2H3,(H,18,20). The zero-order valence-corrected chi connectivity index (χ0v) is 13.0. The maximum atomic E-state index is 11.8. The van der Waals surface area contributed by atoms with E-state index >= 15 is 0 Å². The molecular weight excluding hydrogens is 306 g/mol. The van der Waals surface area contributed by atoms with Crippen LogP contribution in [0.3, 0.4) is 0 Å². The molecule has 7 heteroatoms. The van der Waals surface area contributed by atoms with E-state index in [0.29, 0.717) is 17.8 Å². The molecule has 2 N–H and O–H groups in total. The van der Waals surface area contributed by atoms with Gasteiger partial charge in [-0.15, -0.1) is 0 Å². The molecule has 0 aliphatic rings. The monoisotopic (exact) mass is 321 g/mol. The van der Waals surface area contributed by atoms with Gasteiger partial charge in [-0.3, -0.25) is 4.79 Å². The first-order valence-corrected chi connectivity index (χ1v) is 7.03. The molecule has 0 aliphatic heterocycles. The summed E-state index contributed by atoms with van der Waals surface area (Å²) < 4.78 is 4.74. The first-order valence-electron chi connectivity index (χ1n) is 6.65. The largest absolute Gasteiger partial charge is 0.462 e. The van der Waals surface area contributed by atoms with E-state index in [1.807, 2.05) is 0 Å². The van der Waals surface area contributed by atoms with Crippen molar-refractivity contribution >= 4 is 29.2 Å². The maximum Gasteiger partial charge on any atom is 0.350 e. The Kier molecular flexibility index (Phi) is 6.93. The summed E-state index contributed by atoms with van der Waals surface area (Å²) in [6.07, 6.45) is 1.20. The van der Waals surface area contributed by atoms with Gasteiger partial charge in [0.05, 0.1) is 22.9 Å². The Hall–Kier alpha value is -2.52. The van der Waals surface area contributed by atoms with Crippen LogP contribution in [0.5, 0.6) is 0 Å². The molecule has 116 valence electrons. The molecule has 0 atom stereocenters. The zero-order valence-electron chi connectivity index (χ0n) is 12.3. The Labute approximate surface area is 133 Å². The lowest BCUT2D eigenvalue weighted by Crippen LogP contribution is -2.23. The van der Waals surface area contributed by atoms with E-state index in [-0.39, 0.29) is 23.1 Å². The Morgan fingerprint density at radius 1 is 1.41 bits per heavy atom. The van der Waals surface area contributed by atoms with E-state index < -0.39 is 5.97 Å². The van der Waals surface area contributed by atoms with Crippen LogP contribution in [0.4, 0.5) is 5.69 Å². The second-order valence-corrected chi connectivity index (χ2v) is 4.44. The maximum absolute atomic E-state index is 11.8. The van der Waals surface area contributed by atoms with Gasteiger partial charge in [0.1, 0.15) is 6.07 Å². The quantitative estimate of drug-likeness (QED) is 0.477. The lowest BCUT2D eigenvalue weighted by Gasteiger charge is -2.09. The number of esters is 1. The van der Waals surface area contributed by atoms with Crippen LogP contribution < -0.4 is 10.6 Å². The molecule has 0 fully saturated rings. The molecule has 0 saturated carbocycles. The van der Waals surface area contributed by atoms with Crippen LogP contribution in [0.2, 0.25) is 5.02 Å². The summed E-state index contributed by atoms with van der Waals surface area (Å²) in [7, 11) is 0. The van der Waals surface area contributed by atoms with Gasteiger partial charge in [0.15, 0.2) is 5.57 Å².